The zero-order valence-corrected chi connectivity index (χ0v) is 10.2. The molecule has 1 atom stereocenters. The largest absolute Gasteiger partial charge is 0.467 e. The quantitative estimate of drug-likeness (QED) is 0.491. The van der Waals surface area contributed by atoms with E-state index >= 15 is 0 Å². The van der Waals surface area contributed by atoms with Crippen LogP contribution < -0.4 is 5.32 Å². The minimum Gasteiger partial charge on any atom is -0.467 e. The normalized spacial score (nSPS) is 11.4. The number of amides is 1. The summed E-state index contributed by atoms with van der Waals surface area (Å²) in [6.45, 7) is -0.0916. The molecule has 0 aromatic rings. The second-order valence-corrected chi connectivity index (χ2v) is 3.48. The van der Waals surface area contributed by atoms with Crippen molar-refractivity contribution in [2.75, 3.05) is 20.8 Å². The molecule has 17 heavy (non-hydrogen) atoms. The molecule has 0 fully saturated rings. The lowest BCUT2D eigenvalue weighted by Crippen LogP contribution is -2.43. The minimum atomic E-state index is -0.665. The maximum Gasteiger partial charge on any atom is 0.328 e. The van der Waals surface area contributed by atoms with Crippen LogP contribution in [-0.2, 0) is 19.1 Å². The second kappa shape index (κ2) is 9.60. The van der Waals surface area contributed by atoms with Crippen LogP contribution in [0.5, 0.6) is 0 Å². The van der Waals surface area contributed by atoms with E-state index in [1.54, 1.807) is 0 Å². The number of hydrogen-bond acceptors (Lipinski definition) is 5. The van der Waals surface area contributed by atoms with Gasteiger partial charge in [-0.25, -0.2) is 4.79 Å². The van der Waals surface area contributed by atoms with Crippen molar-refractivity contribution in [2.24, 2.45) is 0 Å². The minimum absolute atomic E-state index is 0.0916. The Hall–Kier alpha value is -1.61. The van der Waals surface area contributed by atoms with Gasteiger partial charge >= 0.3 is 5.97 Å². The van der Waals surface area contributed by atoms with Crippen molar-refractivity contribution >= 4 is 11.9 Å². The van der Waals surface area contributed by atoms with Crippen molar-refractivity contribution in [1.82, 2.24) is 5.32 Å². The molecule has 0 aliphatic rings. The van der Waals surface area contributed by atoms with Crippen LogP contribution in [0, 0.1) is 11.3 Å². The zero-order chi connectivity index (χ0) is 13.1. The molecular formula is C11H18N2O4. The molecule has 0 bridgehead atoms. The molecule has 1 amide bonds. The maximum atomic E-state index is 11.4. The SMILES string of the molecule is COCC(=O)N[C@H](CCCCC#N)C(=O)OC. The highest BCUT2D eigenvalue weighted by Gasteiger charge is 2.20. The van der Waals surface area contributed by atoms with Crippen molar-refractivity contribution in [3.05, 3.63) is 0 Å². The fourth-order valence-corrected chi connectivity index (χ4v) is 1.31. The number of hydrogen-bond donors (Lipinski definition) is 1. The van der Waals surface area contributed by atoms with E-state index in [1.165, 1.54) is 14.2 Å². The number of nitriles is 1. The monoisotopic (exact) mass is 242 g/mol. The van der Waals surface area contributed by atoms with E-state index in [2.05, 4.69) is 14.8 Å². The molecule has 0 aliphatic carbocycles. The summed E-state index contributed by atoms with van der Waals surface area (Å²) in [5.74, 6) is -0.838. The predicted octanol–water partition coefficient (Wildman–Crippen LogP) is 0.375. The third-order valence-electron chi connectivity index (χ3n) is 2.13. The first-order valence-corrected chi connectivity index (χ1v) is 5.38. The van der Waals surface area contributed by atoms with E-state index in [1.807, 2.05) is 6.07 Å². The van der Waals surface area contributed by atoms with Crippen molar-refractivity contribution < 1.29 is 19.1 Å². The van der Waals surface area contributed by atoms with Crippen LogP contribution in [0.2, 0.25) is 0 Å². The molecule has 0 saturated heterocycles. The highest BCUT2D eigenvalue weighted by Crippen LogP contribution is 2.05. The summed E-state index contributed by atoms with van der Waals surface area (Å²) >= 11 is 0. The Morgan fingerprint density at radius 3 is 2.59 bits per heavy atom. The highest BCUT2D eigenvalue weighted by atomic mass is 16.5. The molecule has 6 heteroatoms. The average Bonchev–Trinajstić information content (AvgIpc) is 2.32. The lowest BCUT2D eigenvalue weighted by molar-refractivity contribution is -0.145. The van der Waals surface area contributed by atoms with E-state index in [4.69, 9.17) is 5.26 Å². The van der Waals surface area contributed by atoms with Gasteiger partial charge in [0, 0.05) is 13.5 Å². The first kappa shape index (κ1) is 15.4. The third kappa shape index (κ3) is 7.30. The number of nitrogens with zero attached hydrogens (tertiary/aromatic N) is 1. The molecule has 0 heterocycles. The van der Waals surface area contributed by atoms with E-state index < -0.39 is 12.0 Å². The predicted molar refractivity (Wildman–Crippen MR) is 59.9 cm³/mol. The molecule has 6 nitrogen and oxygen atoms in total. The molecule has 0 aliphatic heterocycles. The van der Waals surface area contributed by atoms with E-state index in [-0.39, 0.29) is 12.5 Å². The van der Waals surface area contributed by atoms with Crippen molar-refractivity contribution in [1.29, 1.82) is 5.26 Å². The van der Waals surface area contributed by atoms with Crippen LogP contribution in [0.4, 0.5) is 0 Å². The Labute approximate surface area is 101 Å². The van der Waals surface area contributed by atoms with Gasteiger partial charge in [0.2, 0.25) is 5.91 Å². The topological polar surface area (TPSA) is 88.4 Å². The molecule has 0 radical (unpaired) electrons. The summed E-state index contributed by atoms with van der Waals surface area (Å²) in [6.07, 6.45) is 2.29. The van der Waals surface area contributed by atoms with Gasteiger partial charge in [0.15, 0.2) is 0 Å². The number of ether oxygens (including phenoxy) is 2. The van der Waals surface area contributed by atoms with Gasteiger partial charge in [-0.05, 0) is 19.3 Å². The van der Waals surface area contributed by atoms with Crippen LogP contribution in [0.3, 0.4) is 0 Å². The van der Waals surface area contributed by atoms with Crippen LogP contribution >= 0.6 is 0 Å². The Kier molecular flexibility index (Phi) is 8.69. The number of methoxy groups -OCH3 is 2. The number of carbonyl (C=O) groups excluding carboxylic acids is 2. The lowest BCUT2D eigenvalue weighted by Gasteiger charge is -2.15. The summed E-state index contributed by atoms with van der Waals surface area (Å²) in [6, 6.07) is 1.36. The molecular weight excluding hydrogens is 224 g/mol. The van der Waals surface area contributed by atoms with Gasteiger partial charge in [-0.1, -0.05) is 0 Å². The van der Waals surface area contributed by atoms with Crippen LogP contribution in [0.15, 0.2) is 0 Å². The summed E-state index contributed by atoms with van der Waals surface area (Å²) in [4.78, 5) is 22.6. The van der Waals surface area contributed by atoms with Crippen LogP contribution in [0.1, 0.15) is 25.7 Å². The van der Waals surface area contributed by atoms with Gasteiger partial charge in [-0.3, -0.25) is 4.79 Å². The fourth-order valence-electron chi connectivity index (χ4n) is 1.31. The molecule has 0 rings (SSSR count). The molecule has 0 aromatic heterocycles. The summed E-state index contributed by atoms with van der Waals surface area (Å²) in [7, 11) is 2.67. The molecule has 1 N–H and O–H groups in total. The van der Waals surface area contributed by atoms with Gasteiger partial charge in [-0.2, -0.15) is 5.26 Å². The first-order chi connectivity index (χ1) is 8.15. The number of carbonyl (C=O) groups is 2. The van der Waals surface area contributed by atoms with Crippen molar-refractivity contribution in [3.63, 3.8) is 0 Å². The lowest BCUT2D eigenvalue weighted by atomic mass is 10.1. The van der Waals surface area contributed by atoms with Gasteiger partial charge < -0.3 is 14.8 Å². The molecule has 0 saturated carbocycles. The third-order valence-corrected chi connectivity index (χ3v) is 2.13. The van der Waals surface area contributed by atoms with Crippen molar-refractivity contribution in [2.45, 2.75) is 31.7 Å². The Balaban J connectivity index is 4.10. The van der Waals surface area contributed by atoms with Crippen LogP contribution in [-0.4, -0.2) is 38.7 Å². The van der Waals surface area contributed by atoms with Gasteiger partial charge in [0.05, 0.1) is 13.2 Å². The van der Waals surface area contributed by atoms with Gasteiger partial charge in [-0.15, -0.1) is 0 Å². The van der Waals surface area contributed by atoms with Gasteiger partial charge in [0.1, 0.15) is 12.6 Å². The van der Waals surface area contributed by atoms with E-state index in [0.717, 1.165) is 0 Å². The number of esters is 1. The number of nitrogens with one attached hydrogen (secondary N) is 1. The van der Waals surface area contributed by atoms with Crippen LogP contribution in [0.25, 0.3) is 0 Å². The Morgan fingerprint density at radius 2 is 2.06 bits per heavy atom. The van der Waals surface area contributed by atoms with Crippen molar-refractivity contribution in [3.8, 4) is 6.07 Å². The molecule has 0 aromatic carbocycles. The van der Waals surface area contributed by atoms with E-state index in [0.29, 0.717) is 25.7 Å². The van der Waals surface area contributed by atoms with Gasteiger partial charge in [0.25, 0.3) is 0 Å². The average molecular weight is 242 g/mol. The Morgan fingerprint density at radius 1 is 1.35 bits per heavy atom. The Bertz CT molecular complexity index is 286. The molecule has 0 spiro atoms. The molecule has 0 unspecified atom stereocenters. The standard InChI is InChI=1S/C11H18N2O4/c1-16-8-10(14)13-9(11(15)17-2)6-4-3-5-7-12/h9H,3-6,8H2,1-2H3,(H,13,14)/t9-/m1/s1. The maximum absolute atomic E-state index is 11.4. The fraction of sp³-hybridized carbons (Fsp3) is 0.727. The summed E-state index contributed by atoms with van der Waals surface area (Å²) < 4.78 is 9.24. The summed E-state index contributed by atoms with van der Waals surface area (Å²) in [5, 5.41) is 10.9. The smallest absolute Gasteiger partial charge is 0.328 e. The summed E-state index contributed by atoms with van der Waals surface area (Å²) in [5.41, 5.74) is 0. The first-order valence-electron chi connectivity index (χ1n) is 5.38. The second-order valence-electron chi connectivity index (χ2n) is 3.48. The highest BCUT2D eigenvalue weighted by molar-refractivity contribution is 5.84. The molecule has 96 valence electrons. The zero-order valence-electron chi connectivity index (χ0n) is 10.2. The number of unbranched alkanes of at least 4 members (excludes halogenated alkanes) is 2. The van der Waals surface area contributed by atoms with E-state index in [9.17, 15) is 9.59 Å². The number of rotatable bonds is 8.